The Morgan fingerprint density at radius 3 is 2.42 bits per heavy atom. The minimum absolute atomic E-state index is 0.236. The van der Waals surface area contributed by atoms with E-state index in [-0.39, 0.29) is 29.4 Å². The number of nitrogens with one attached hydrogen (secondary N) is 2. The van der Waals surface area contributed by atoms with Gasteiger partial charge in [-0.05, 0) is 84.1 Å². The number of hydrogen-bond donors (Lipinski definition) is 2. The minimum Gasteiger partial charge on any atom is -0.444 e. The number of sulfonamides is 1. The highest BCUT2D eigenvalue weighted by Crippen LogP contribution is 2.36. The van der Waals surface area contributed by atoms with Gasteiger partial charge in [0.15, 0.2) is 5.03 Å². The molecule has 2 aromatic rings. The Kier molecular flexibility index (Phi) is 9.95. The number of anilines is 1. The molecule has 1 saturated heterocycles. The van der Waals surface area contributed by atoms with Gasteiger partial charge in [-0.3, -0.25) is 4.79 Å². The van der Waals surface area contributed by atoms with Crippen LogP contribution in [0.4, 0.5) is 15.0 Å². The van der Waals surface area contributed by atoms with Gasteiger partial charge < -0.3 is 15.0 Å². The Bertz CT molecular complexity index is 1460. The van der Waals surface area contributed by atoms with Crippen molar-refractivity contribution in [2.45, 2.75) is 102 Å². The third-order valence-corrected chi connectivity index (χ3v) is 8.40. The van der Waals surface area contributed by atoms with Gasteiger partial charge in [0.2, 0.25) is 5.95 Å². The third kappa shape index (κ3) is 8.98. The molecule has 0 radical (unpaired) electrons. The summed E-state index contributed by atoms with van der Waals surface area (Å²) >= 11 is 0. The first-order valence-electron chi connectivity index (χ1n) is 14.3. The van der Waals surface area contributed by atoms with Gasteiger partial charge in [-0.2, -0.15) is 12.8 Å². The van der Waals surface area contributed by atoms with Gasteiger partial charge in [0.1, 0.15) is 11.4 Å². The zero-order valence-electron chi connectivity index (χ0n) is 26.3. The van der Waals surface area contributed by atoms with E-state index in [1.54, 1.807) is 17.0 Å². The Balaban J connectivity index is 1.64. The molecule has 3 heterocycles. The molecule has 2 aromatic heterocycles. The summed E-state index contributed by atoms with van der Waals surface area (Å²) < 4.78 is 48.0. The maximum absolute atomic E-state index is 14.6. The normalized spacial score (nSPS) is 17.7. The molecule has 0 aliphatic carbocycles. The fourth-order valence-corrected chi connectivity index (χ4v) is 5.90. The summed E-state index contributed by atoms with van der Waals surface area (Å²) in [7, 11) is -4.41. The van der Waals surface area contributed by atoms with Crippen LogP contribution in [0.3, 0.4) is 0 Å². The lowest BCUT2D eigenvalue weighted by molar-refractivity contribution is 0.0130. The largest absolute Gasteiger partial charge is 0.444 e. The molecule has 0 aromatic carbocycles. The molecule has 236 valence electrons. The maximum Gasteiger partial charge on any atom is 0.410 e. The molecule has 3 rings (SSSR count). The van der Waals surface area contributed by atoms with Gasteiger partial charge in [-0.15, -0.1) is 6.58 Å². The number of nitrogens with zero attached hydrogens (tertiary/aromatic N) is 3. The summed E-state index contributed by atoms with van der Waals surface area (Å²) in [4.78, 5) is 35.2. The van der Waals surface area contributed by atoms with Crippen LogP contribution in [0.2, 0.25) is 0 Å². The van der Waals surface area contributed by atoms with E-state index in [1.807, 2.05) is 60.1 Å². The fourth-order valence-electron chi connectivity index (χ4n) is 4.97. The molecule has 0 spiro atoms. The zero-order chi connectivity index (χ0) is 32.4. The molecule has 1 aliphatic rings. The second-order valence-electron chi connectivity index (χ2n) is 13.6. The topological polar surface area (TPSA) is 131 Å². The van der Waals surface area contributed by atoms with Crippen molar-refractivity contribution in [3.05, 3.63) is 60.2 Å². The minimum atomic E-state index is -4.41. The first-order chi connectivity index (χ1) is 19.7. The number of carbonyl (C=O) groups is 2. The molecule has 2 amide bonds. The monoisotopic (exact) mass is 617 g/mol. The number of rotatable bonds is 9. The van der Waals surface area contributed by atoms with Crippen molar-refractivity contribution >= 4 is 27.8 Å². The van der Waals surface area contributed by atoms with Gasteiger partial charge in [-0.1, -0.05) is 32.9 Å². The Morgan fingerprint density at radius 2 is 1.84 bits per heavy atom. The lowest BCUT2D eigenvalue weighted by Gasteiger charge is -2.33. The highest BCUT2D eigenvalue weighted by Gasteiger charge is 2.42. The van der Waals surface area contributed by atoms with Crippen LogP contribution in [0.1, 0.15) is 90.7 Å². The van der Waals surface area contributed by atoms with Crippen molar-refractivity contribution in [3.63, 3.8) is 0 Å². The van der Waals surface area contributed by atoms with Crippen molar-refractivity contribution in [2.24, 2.45) is 5.92 Å². The molecule has 1 unspecified atom stereocenters. The molecule has 1 aliphatic heterocycles. The Hall–Kier alpha value is -3.54. The summed E-state index contributed by atoms with van der Waals surface area (Å²) in [6.45, 7) is 19.6. The van der Waals surface area contributed by atoms with E-state index < -0.39 is 43.5 Å². The van der Waals surface area contributed by atoms with E-state index in [4.69, 9.17) is 4.74 Å². The fraction of sp³-hybridized carbons (Fsp3) is 0.548. The van der Waals surface area contributed by atoms with E-state index in [9.17, 15) is 22.4 Å². The number of hydrogen-bond acceptors (Lipinski definition) is 8. The summed E-state index contributed by atoms with van der Waals surface area (Å²) in [5.74, 6) is -1.69. The van der Waals surface area contributed by atoms with Crippen LogP contribution in [0.5, 0.6) is 0 Å². The van der Waals surface area contributed by atoms with Crippen LogP contribution in [-0.4, -0.2) is 59.0 Å². The van der Waals surface area contributed by atoms with E-state index in [1.165, 1.54) is 24.3 Å². The first kappa shape index (κ1) is 34.0. The SMILES string of the molecule is C=CC(CC[C@@H]1CN(C(=O)OC(C)(C)C)C(C)(C)C1)Nc1cccc(S(=O)(=O)NC(=O)c2ccc(C(C)(C)C)nc2F)n1. The molecular formula is C31H44FN5O5S. The smallest absolute Gasteiger partial charge is 0.410 e. The highest BCUT2D eigenvalue weighted by molar-refractivity contribution is 7.90. The number of likely N-dealkylation sites (tertiary alicyclic amines) is 1. The lowest BCUT2D eigenvalue weighted by atomic mass is 9.91. The molecule has 43 heavy (non-hydrogen) atoms. The molecule has 12 heteroatoms. The second-order valence-corrected chi connectivity index (χ2v) is 15.2. The van der Waals surface area contributed by atoms with Gasteiger partial charge in [0, 0.05) is 29.2 Å². The average Bonchev–Trinajstić information content (AvgIpc) is 3.18. The zero-order valence-corrected chi connectivity index (χ0v) is 27.1. The Morgan fingerprint density at radius 1 is 1.16 bits per heavy atom. The van der Waals surface area contributed by atoms with E-state index in [0.717, 1.165) is 12.8 Å². The summed E-state index contributed by atoms with van der Waals surface area (Å²) in [5, 5.41) is 2.78. The molecule has 0 saturated carbocycles. The van der Waals surface area contributed by atoms with Crippen LogP contribution in [0.15, 0.2) is 48.0 Å². The molecule has 2 N–H and O–H groups in total. The first-order valence-corrected chi connectivity index (χ1v) is 15.8. The van der Waals surface area contributed by atoms with Crippen molar-refractivity contribution in [3.8, 4) is 0 Å². The van der Waals surface area contributed by atoms with Crippen molar-refractivity contribution in [1.29, 1.82) is 0 Å². The standard InChI is InChI=1S/C31H44FN5O5S/c1-10-21(15-14-20-18-31(8,9)37(19-20)28(39)42-30(5,6)7)33-24-12-11-13-25(35-24)43(40,41)36-27(38)22-16-17-23(29(2,3)4)34-26(22)32/h10-13,16-17,20-21H,1,14-15,18-19H2,2-9H3,(H,33,35)(H,36,38)/t20-,21?/m0/s1. The predicted octanol–water partition coefficient (Wildman–Crippen LogP) is 5.81. The number of amides is 2. The van der Waals surface area contributed by atoms with Crippen LogP contribution >= 0.6 is 0 Å². The summed E-state index contributed by atoms with van der Waals surface area (Å²) in [6, 6.07) is 6.81. The van der Waals surface area contributed by atoms with Gasteiger partial charge >= 0.3 is 6.09 Å². The number of halogens is 1. The van der Waals surface area contributed by atoms with Crippen LogP contribution in [-0.2, 0) is 20.2 Å². The van der Waals surface area contributed by atoms with Gasteiger partial charge in [0.25, 0.3) is 15.9 Å². The molecular weight excluding hydrogens is 573 g/mol. The number of aromatic nitrogens is 2. The average molecular weight is 618 g/mol. The number of carbonyl (C=O) groups excluding carboxylic acids is 2. The van der Waals surface area contributed by atoms with Crippen molar-refractivity contribution in [2.75, 3.05) is 11.9 Å². The second kappa shape index (κ2) is 12.6. The lowest BCUT2D eigenvalue weighted by Crippen LogP contribution is -2.45. The van der Waals surface area contributed by atoms with Gasteiger partial charge in [-0.25, -0.2) is 19.5 Å². The maximum atomic E-state index is 14.6. The molecule has 0 bridgehead atoms. The van der Waals surface area contributed by atoms with Crippen molar-refractivity contribution in [1.82, 2.24) is 19.6 Å². The molecule has 2 atom stereocenters. The van der Waals surface area contributed by atoms with Crippen molar-refractivity contribution < 1.29 is 27.1 Å². The molecule has 1 fully saturated rings. The Labute approximate surface area is 254 Å². The summed E-state index contributed by atoms with van der Waals surface area (Å²) in [6.07, 6.45) is 3.66. The number of pyridine rings is 2. The van der Waals surface area contributed by atoms with Gasteiger partial charge in [0.05, 0.1) is 5.56 Å². The quantitative estimate of drug-likeness (QED) is 0.266. The summed E-state index contributed by atoms with van der Waals surface area (Å²) in [5.41, 5.74) is -1.42. The van der Waals surface area contributed by atoms with Crippen LogP contribution in [0.25, 0.3) is 0 Å². The van der Waals surface area contributed by atoms with E-state index in [0.29, 0.717) is 18.7 Å². The van der Waals surface area contributed by atoms with E-state index >= 15 is 0 Å². The van der Waals surface area contributed by atoms with Crippen LogP contribution < -0.4 is 10.0 Å². The van der Waals surface area contributed by atoms with E-state index in [2.05, 4.69) is 21.9 Å². The number of ether oxygens (including phenoxy) is 1. The third-order valence-electron chi connectivity index (χ3n) is 7.16. The predicted molar refractivity (Wildman–Crippen MR) is 164 cm³/mol. The van der Waals surface area contributed by atoms with Crippen LogP contribution in [0, 0.1) is 11.9 Å². The highest BCUT2D eigenvalue weighted by atomic mass is 32.2. The molecule has 10 nitrogen and oxygen atoms in total.